The Hall–Kier alpha value is -1.33. The standard InChI is InChI=1S/C10H13ClN2O3/c1-7(14)6-12(2)10-5-8(11)3-4-9(10)13(15)16/h3-5,7,14H,6H2,1-2H3. The van der Waals surface area contributed by atoms with Crippen LogP contribution >= 0.6 is 11.6 Å². The molecule has 5 nitrogen and oxygen atoms in total. The highest BCUT2D eigenvalue weighted by molar-refractivity contribution is 6.31. The number of rotatable bonds is 4. The topological polar surface area (TPSA) is 66.6 Å². The Balaban J connectivity index is 3.09. The van der Waals surface area contributed by atoms with Crippen molar-refractivity contribution < 1.29 is 10.0 Å². The summed E-state index contributed by atoms with van der Waals surface area (Å²) in [6.07, 6.45) is -0.566. The molecule has 0 bridgehead atoms. The number of halogens is 1. The van der Waals surface area contributed by atoms with Crippen molar-refractivity contribution in [1.82, 2.24) is 0 Å². The summed E-state index contributed by atoms with van der Waals surface area (Å²) in [5, 5.41) is 20.5. The molecule has 0 amide bonds. The first-order chi connectivity index (χ1) is 7.41. The molecule has 1 aromatic carbocycles. The molecule has 1 rings (SSSR count). The molecule has 0 aliphatic rings. The fraction of sp³-hybridized carbons (Fsp3) is 0.400. The number of hydrogen-bond donors (Lipinski definition) is 1. The maximum atomic E-state index is 10.8. The molecular weight excluding hydrogens is 232 g/mol. The second kappa shape index (κ2) is 5.14. The zero-order valence-corrected chi connectivity index (χ0v) is 9.81. The fourth-order valence-electron chi connectivity index (χ4n) is 1.45. The molecule has 0 saturated carbocycles. The van der Waals surface area contributed by atoms with E-state index in [1.807, 2.05) is 0 Å². The predicted molar refractivity (Wildman–Crippen MR) is 63.1 cm³/mol. The maximum absolute atomic E-state index is 10.8. The molecule has 1 aromatic rings. The molecule has 1 unspecified atom stereocenters. The van der Waals surface area contributed by atoms with Gasteiger partial charge in [0.05, 0.1) is 11.0 Å². The number of likely N-dealkylation sites (N-methyl/N-ethyl adjacent to an activating group) is 1. The summed E-state index contributed by atoms with van der Waals surface area (Å²) >= 11 is 5.79. The lowest BCUT2D eigenvalue weighted by molar-refractivity contribution is -0.384. The van der Waals surface area contributed by atoms with Crippen LogP contribution in [0.1, 0.15) is 6.92 Å². The highest BCUT2D eigenvalue weighted by atomic mass is 35.5. The summed E-state index contributed by atoms with van der Waals surface area (Å²) < 4.78 is 0. The lowest BCUT2D eigenvalue weighted by atomic mass is 10.2. The average Bonchev–Trinajstić information content (AvgIpc) is 2.15. The van der Waals surface area contributed by atoms with E-state index in [-0.39, 0.29) is 5.69 Å². The van der Waals surface area contributed by atoms with Crippen LogP contribution in [0.3, 0.4) is 0 Å². The van der Waals surface area contributed by atoms with E-state index >= 15 is 0 Å². The summed E-state index contributed by atoms with van der Waals surface area (Å²) in [5.41, 5.74) is 0.381. The molecule has 0 saturated heterocycles. The summed E-state index contributed by atoms with van der Waals surface area (Å²) in [4.78, 5) is 11.9. The van der Waals surface area contributed by atoms with Gasteiger partial charge in [-0.15, -0.1) is 0 Å². The molecule has 0 radical (unpaired) electrons. The van der Waals surface area contributed by atoms with E-state index in [2.05, 4.69) is 0 Å². The highest BCUT2D eigenvalue weighted by Gasteiger charge is 2.18. The molecule has 1 atom stereocenters. The van der Waals surface area contributed by atoms with Gasteiger partial charge in [0.25, 0.3) is 5.69 Å². The Labute approximate surface area is 98.4 Å². The van der Waals surface area contributed by atoms with E-state index in [0.29, 0.717) is 17.3 Å². The van der Waals surface area contributed by atoms with Crippen LogP contribution in [0.4, 0.5) is 11.4 Å². The number of nitro groups is 1. The zero-order chi connectivity index (χ0) is 12.3. The largest absolute Gasteiger partial charge is 0.392 e. The molecule has 88 valence electrons. The van der Waals surface area contributed by atoms with Crippen molar-refractivity contribution in [2.45, 2.75) is 13.0 Å². The smallest absolute Gasteiger partial charge is 0.292 e. The normalized spacial score (nSPS) is 12.2. The van der Waals surface area contributed by atoms with E-state index in [1.165, 1.54) is 18.2 Å². The third kappa shape index (κ3) is 3.08. The second-order valence-electron chi connectivity index (χ2n) is 3.62. The van der Waals surface area contributed by atoms with Gasteiger partial charge in [0.15, 0.2) is 0 Å². The van der Waals surface area contributed by atoms with E-state index in [4.69, 9.17) is 11.6 Å². The number of aliphatic hydroxyl groups excluding tert-OH is 1. The maximum Gasteiger partial charge on any atom is 0.292 e. The van der Waals surface area contributed by atoms with Crippen LogP contribution in [0, 0.1) is 10.1 Å². The van der Waals surface area contributed by atoms with Crippen molar-refractivity contribution in [3.63, 3.8) is 0 Å². The van der Waals surface area contributed by atoms with Gasteiger partial charge in [-0.05, 0) is 19.1 Å². The highest BCUT2D eigenvalue weighted by Crippen LogP contribution is 2.30. The second-order valence-corrected chi connectivity index (χ2v) is 4.06. The molecule has 0 aliphatic carbocycles. The first-order valence-electron chi connectivity index (χ1n) is 4.75. The molecule has 0 fully saturated rings. The van der Waals surface area contributed by atoms with Gasteiger partial charge < -0.3 is 10.0 Å². The third-order valence-electron chi connectivity index (χ3n) is 2.08. The first kappa shape index (κ1) is 12.7. The summed E-state index contributed by atoms with van der Waals surface area (Å²) in [6, 6.07) is 4.34. The van der Waals surface area contributed by atoms with Crippen molar-refractivity contribution in [2.24, 2.45) is 0 Å². The van der Waals surface area contributed by atoms with Gasteiger partial charge in [-0.3, -0.25) is 10.1 Å². The SMILES string of the molecule is CC(O)CN(C)c1cc(Cl)ccc1[N+](=O)[O-]. The number of hydrogen-bond acceptors (Lipinski definition) is 4. The zero-order valence-electron chi connectivity index (χ0n) is 9.05. The van der Waals surface area contributed by atoms with Crippen molar-refractivity contribution in [3.8, 4) is 0 Å². The summed E-state index contributed by atoms with van der Waals surface area (Å²) in [5.74, 6) is 0. The number of benzene rings is 1. The Morgan fingerprint density at radius 2 is 2.25 bits per heavy atom. The number of aliphatic hydroxyl groups is 1. The number of nitro benzene ring substituents is 1. The minimum atomic E-state index is -0.566. The third-order valence-corrected chi connectivity index (χ3v) is 2.32. The molecular formula is C10H13ClN2O3. The Morgan fingerprint density at radius 1 is 1.62 bits per heavy atom. The Kier molecular flexibility index (Phi) is 4.09. The van der Waals surface area contributed by atoms with Crippen molar-refractivity contribution in [1.29, 1.82) is 0 Å². The molecule has 0 aliphatic heterocycles. The van der Waals surface area contributed by atoms with Gasteiger partial charge in [0.2, 0.25) is 0 Å². The Bertz CT molecular complexity index is 396. The monoisotopic (exact) mass is 244 g/mol. The minimum Gasteiger partial charge on any atom is -0.392 e. The fourth-order valence-corrected chi connectivity index (χ4v) is 1.62. The lowest BCUT2D eigenvalue weighted by Crippen LogP contribution is -2.27. The predicted octanol–water partition coefficient (Wildman–Crippen LogP) is 2.07. The lowest BCUT2D eigenvalue weighted by Gasteiger charge is -2.20. The van der Waals surface area contributed by atoms with Gasteiger partial charge in [0.1, 0.15) is 5.69 Å². The minimum absolute atomic E-state index is 0.0208. The van der Waals surface area contributed by atoms with Gasteiger partial charge in [-0.2, -0.15) is 0 Å². The summed E-state index contributed by atoms with van der Waals surface area (Å²) in [7, 11) is 1.67. The van der Waals surface area contributed by atoms with E-state index in [0.717, 1.165) is 0 Å². The van der Waals surface area contributed by atoms with Crippen LogP contribution in [0.25, 0.3) is 0 Å². The number of anilines is 1. The van der Waals surface area contributed by atoms with Crippen LogP contribution in [0.2, 0.25) is 5.02 Å². The van der Waals surface area contributed by atoms with Crippen LogP contribution < -0.4 is 4.90 Å². The van der Waals surface area contributed by atoms with Gasteiger partial charge >= 0.3 is 0 Å². The Morgan fingerprint density at radius 3 is 2.75 bits per heavy atom. The van der Waals surface area contributed by atoms with Gasteiger partial charge in [-0.25, -0.2) is 0 Å². The van der Waals surface area contributed by atoms with Crippen LogP contribution in [-0.4, -0.2) is 29.7 Å². The average molecular weight is 245 g/mol. The molecule has 0 aromatic heterocycles. The molecule has 6 heteroatoms. The van der Waals surface area contributed by atoms with E-state index < -0.39 is 11.0 Å². The van der Waals surface area contributed by atoms with E-state index in [1.54, 1.807) is 18.9 Å². The van der Waals surface area contributed by atoms with Crippen molar-refractivity contribution >= 4 is 23.0 Å². The summed E-state index contributed by atoms with van der Waals surface area (Å²) in [6.45, 7) is 1.92. The van der Waals surface area contributed by atoms with Gasteiger partial charge in [-0.1, -0.05) is 11.6 Å². The van der Waals surface area contributed by atoms with Crippen molar-refractivity contribution in [3.05, 3.63) is 33.3 Å². The first-order valence-corrected chi connectivity index (χ1v) is 5.12. The molecule has 0 spiro atoms. The van der Waals surface area contributed by atoms with Crippen LogP contribution in [-0.2, 0) is 0 Å². The van der Waals surface area contributed by atoms with Crippen LogP contribution in [0.15, 0.2) is 18.2 Å². The number of nitrogens with zero attached hydrogens (tertiary/aromatic N) is 2. The van der Waals surface area contributed by atoms with Gasteiger partial charge in [0, 0.05) is 24.7 Å². The molecule has 0 heterocycles. The quantitative estimate of drug-likeness (QED) is 0.650. The van der Waals surface area contributed by atoms with Crippen molar-refractivity contribution in [2.75, 3.05) is 18.5 Å². The molecule has 1 N–H and O–H groups in total. The van der Waals surface area contributed by atoms with E-state index in [9.17, 15) is 15.2 Å². The van der Waals surface area contributed by atoms with Crippen LogP contribution in [0.5, 0.6) is 0 Å². The molecule has 16 heavy (non-hydrogen) atoms.